The number of amides is 2. The van der Waals surface area contributed by atoms with E-state index < -0.39 is 81.9 Å². The molecule has 0 saturated carbocycles. The van der Waals surface area contributed by atoms with Gasteiger partial charge in [0, 0.05) is 12.1 Å². The molecule has 18 heteroatoms. The van der Waals surface area contributed by atoms with Crippen LogP contribution >= 0.6 is 7.82 Å². The van der Waals surface area contributed by atoms with Crippen molar-refractivity contribution in [3.05, 3.63) is 60.2 Å². The number of nitrogens with zero attached hydrogens (tertiary/aromatic N) is 2. The first-order valence-electron chi connectivity index (χ1n) is 11.7. The molecule has 2 aliphatic rings. The van der Waals surface area contributed by atoms with Gasteiger partial charge in [-0.25, -0.2) is 4.57 Å². The second-order valence-electron chi connectivity index (χ2n) is 8.87. The summed E-state index contributed by atoms with van der Waals surface area (Å²) in [6.45, 7) is -1.00. The van der Waals surface area contributed by atoms with Crippen molar-refractivity contribution in [1.82, 2.24) is 0 Å². The lowest BCUT2D eigenvalue weighted by Gasteiger charge is -2.13. The van der Waals surface area contributed by atoms with Gasteiger partial charge in [0.05, 0.1) is 13.2 Å². The number of hydrogen-bond acceptors (Lipinski definition) is 11. The Hall–Kier alpha value is -2.93. The lowest BCUT2D eigenvalue weighted by molar-refractivity contribution is -0.766. The molecule has 2 aromatic heterocycles. The van der Waals surface area contributed by atoms with Crippen LogP contribution in [0.2, 0.25) is 0 Å². The summed E-state index contributed by atoms with van der Waals surface area (Å²) in [5.74, 6) is -1.28. The smallest absolute Gasteiger partial charge is 0.394 e. The highest BCUT2D eigenvalue weighted by Gasteiger charge is 2.49. The standard InChI is InChI=1S/C11H15N2O8P.C11H14N2O5/c12-10(16)6-2-1-3-13(4-6)11-9(15)8(14)7(21-11)5-20-22(17,18)19;12-10(17)6-2-1-3-13(4-6)11-9(16)8(15)7(5-14)18-11/h1-4,7-9,11,14-15H,5H2,(H3-,12,16,17,18,19);1-4,7-9,11,14-16H,5H2,(H-,12,17)/p+2/t2*7-,8-,9-,11-/m11/s1. The Morgan fingerprint density at radius 2 is 1.25 bits per heavy atom. The van der Waals surface area contributed by atoms with Gasteiger partial charge < -0.3 is 56.3 Å². The third kappa shape index (κ3) is 7.62. The third-order valence-electron chi connectivity index (χ3n) is 6.06. The molecule has 2 amide bonds. The van der Waals surface area contributed by atoms with Gasteiger partial charge in [0.15, 0.2) is 37.0 Å². The third-order valence-corrected chi connectivity index (χ3v) is 6.55. The summed E-state index contributed by atoms with van der Waals surface area (Å²) in [6, 6.07) is 6.07. The number of aromatic nitrogens is 2. The minimum absolute atomic E-state index is 0.169. The van der Waals surface area contributed by atoms with E-state index in [1.807, 2.05) is 0 Å². The quantitative estimate of drug-likeness (QED) is 0.104. The number of phosphoric acid groups is 1. The average Bonchev–Trinajstić information content (AvgIpc) is 3.37. The number of rotatable bonds is 8. The summed E-state index contributed by atoms with van der Waals surface area (Å²) < 4.78 is 28.3. The molecular weight excluding hydrogens is 559 g/mol. The highest BCUT2D eigenvalue weighted by molar-refractivity contribution is 7.46. The zero-order valence-corrected chi connectivity index (χ0v) is 21.6. The lowest BCUT2D eigenvalue weighted by atomic mass is 10.1. The maximum atomic E-state index is 11.1. The van der Waals surface area contributed by atoms with Crippen molar-refractivity contribution in [3.8, 4) is 0 Å². The zero-order chi connectivity index (χ0) is 29.8. The molecule has 0 unspecified atom stereocenters. The number of carbonyl (C=O) groups excluding carboxylic acids is 2. The van der Waals surface area contributed by atoms with Gasteiger partial charge in [-0.15, -0.1) is 0 Å². The number of aliphatic hydroxyl groups excluding tert-OH is 5. The molecule has 2 fully saturated rings. The molecule has 220 valence electrons. The molecule has 4 rings (SSSR count). The maximum Gasteiger partial charge on any atom is 0.469 e. The number of hydrogen-bond donors (Lipinski definition) is 9. The molecule has 2 aromatic rings. The van der Waals surface area contributed by atoms with Gasteiger partial charge in [0.25, 0.3) is 24.3 Å². The largest absolute Gasteiger partial charge is 0.469 e. The van der Waals surface area contributed by atoms with Crippen LogP contribution in [0.1, 0.15) is 33.2 Å². The fourth-order valence-corrected chi connectivity index (χ4v) is 4.34. The number of primary amides is 2. The molecule has 0 aromatic carbocycles. The fraction of sp³-hybridized carbons (Fsp3) is 0.455. The first kappa shape index (κ1) is 31.6. The molecule has 11 N–H and O–H groups in total. The van der Waals surface area contributed by atoms with Gasteiger partial charge in [-0.05, 0) is 12.1 Å². The lowest BCUT2D eigenvalue weighted by Crippen LogP contribution is -2.46. The van der Waals surface area contributed by atoms with Crippen LogP contribution in [0.5, 0.6) is 0 Å². The molecule has 8 atom stereocenters. The van der Waals surface area contributed by atoms with E-state index in [1.165, 1.54) is 45.9 Å². The molecular formula is C22H31N4O13P+2. The first-order valence-corrected chi connectivity index (χ1v) is 13.2. The van der Waals surface area contributed by atoms with Crippen LogP contribution in [0.4, 0.5) is 0 Å². The summed E-state index contributed by atoms with van der Waals surface area (Å²) in [7, 11) is -4.72. The van der Waals surface area contributed by atoms with Gasteiger partial charge in [-0.3, -0.25) is 14.1 Å². The Labute approximate surface area is 226 Å². The summed E-state index contributed by atoms with van der Waals surface area (Å²) in [5.41, 5.74) is 10.7. The van der Waals surface area contributed by atoms with Crippen molar-refractivity contribution in [1.29, 1.82) is 0 Å². The normalized spacial score (nSPS) is 30.0. The fourth-order valence-electron chi connectivity index (χ4n) is 4.00. The Morgan fingerprint density at radius 3 is 1.62 bits per heavy atom. The minimum Gasteiger partial charge on any atom is -0.394 e. The van der Waals surface area contributed by atoms with Crippen LogP contribution in [0, 0.1) is 0 Å². The number of nitrogens with two attached hydrogens (primary N) is 2. The summed E-state index contributed by atoms with van der Waals surface area (Å²) in [4.78, 5) is 39.5. The summed E-state index contributed by atoms with van der Waals surface area (Å²) in [6.07, 6.45) is -3.26. The number of carbonyl (C=O) groups is 2. The van der Waals surface area contributed by atoms with E-state index in [-0.39, 0.29) is 11.1 Å². The number of aliphatic hydroxyl groups is 5. The highest BCUT2D eigenvalue weighted by Crippen LogP contribution is 2.37. The van der Waals surface area contributed by atoms with E-state index in [1.54, 1.807) is 12.3 Å². The summed E-state index contributed by atoms with van der Waals surface area (Å²) in [5, 5.41) is 48.3. The van der Waals surface area contributed by atoms with Crippen molar-refractivity contribution in [2.45, 2.75) is 49.1 Å². The Balaban J connectivity index is 0.000000225. The van der Waals surface area contributed by atoms with Crippen LogP contribution in [0.25, 0.3) is 0 Å². The van der Waals surface area contributed by atoms with Crippen LogP contribution in [0.15, 0.2) is 49.1 Å². The first-order chi connectivity index (χ1) is 18.7. The Morgan fingerprint density at radius 1 is 0.825 bits per heavy atom. The predicted octanol–water partition coefficient (Wildman–Crippen LogP) is -4.51. The monoisotopic (exact) mass is 590 g/mol. The highest BCUT2D eigenvalue weighted by atomic mass is 31.2. The Kier molecular flexibility index (Phi) is 10.4. The number of phosphoric ester groups is 1. The summed E-state index contributed by atoms with van der Waals surface area (Å²) >= 11 is 0. The second-order valence-corrected chi connectivity index (χ2v) is 10.1. The average molecular weight is 590 g/mol. The van der Waals surface area contributed by atoms with Gasteiger partial charge in [-0.2, -0.15) is 9.13 Å². The molecule has 0 aliphatic carbocycles. The van der Waals surface area contributed by atoms with E-state index in [4.69, 9.17) is 35.8 Å². The SMILES string of the molecule is NC(=O)c1ccc[n+]([C@@H]2O[C@H](CO)[C@@H](O)[C@H]2O)c1.NC(=O)c1ccc[n+]([C@@H]2O[C@H](COP(=O)(O)O)[C@@H](O)[C@H]2O)c1. The molecule has 0 bridgehead atoms. The van der Waals surface area contributed by atoms with Crippen molar-refractivity contribution >= 4 is 19.6 Å². The molecule has 4 heterocycles. The van der Waals surface area contributed by atoms with E-state index in [0.29, 0.717) is 0 Å². The molecule has 17 nitrogen and oxygen atoms in total. The molecule has 0 radical (unpaired) electrons. The van der Waals surface area contributed by atoms with Gasteiger partial charge in [0.1, 0.15) is 35.5 Å². The van der Waals surface area contributed by atoms with Crippen molar-refractivity contribution in [2.24, 2.45) is 11.5 Å². The maximum absolute atomic E-state index is 11.1. The molecule has 2 saturated heterocycles. The van der Waals surface area contributed by atoms with Gasteiger partial charge in [-0.1, -0.05) is 0 Å². The predicted molar refractivity (Wildman–Crippen MR) is 127 cm³/mol. The molecule has 0 spiro atoms. The number of ether oxygens (including phenoxy) is 2. The van der Waals surface area contributed by atoms with E-state index in [2.05, 4.69) is 4.52 Å². The minimum atomic E-state index is -4.72. The van der Waals surface area contributed by atoms with Gasteiger partial charge in [0.2, 0.25) is 0 Å². The second kappa shape index (κ2) is 13.2. The molecule has 40 heavy (non-hydrogen) atoms. The van der Waals surface area contributed by atoms with Gasteiger partial charge >= 0.3 is 7.82 Å². The van der Waals surface area contributed by atoms with E-state index >= 15 is 0 Å². The van der Waals surface area contributed by atoms with Crippen LogP contribution in [0.3, 0.4) is 0 Å². The van der Waals surface area contributed by atoms with Crippen molar-refractivity contribution < 1.29 is 72.6 Å². The van der Waals surface area contributed by atoms with E-state index in [9.17, 15) is 34.6 Å². The Bertz CT molecular complexity index is 1250. The topological polar surface area (TPSA) is 280 Å². The zero-order valence-electron chi connectivity index (χ0n) is 20.7. The van der Waals surface area contributed by atoms with Crippen LogP contribution in [-0.4, -0.2) is 97.0 Å². The van der Waals surface area contributed by atoms with Crippen molar-refractivity contribution in [2.75, 3.05) is 13.2 Å². The van der Waals surface area contributed by atoms with Crippen LogP contribution in [-0.2, 0) is 18.6 Å². The van der Waals surface area contributed by atoms with E-state index in [0.717, 1.165) is 0 Å². The molecule has 2 aliphatic heterocycles. The van der Waals surface area contributed by atoms with Crippen LogP contribution < -0.4 is 20.6 Å². The van der Waals surface area contributed by atoms with Crippen molar-refractivity contribution in [3.63, 3.8) is 0 Å². The number of pyridine rings is 2.